The average Bonchev–Trinajstić information content (AvgIpc) is 3.43. The van der Waals surface area contributed by atoms with E-state index >= 15 is 0 Å². The molecule has 5 rings (SSSR count). The Bertz CT molecular complexity index is 1150. The fraction of sp³-hybridized carbons (Fsp3) is 0.296. The van der Waals surface area contributed by atoms with E-state index in [9.17, 15) is 10.2 Å². The van der Waals surface area contributed by atoms with Crippen molar-refractivity contribution in [3.8, 4) is 0 Å². The van der Waals surface area contributed by atoms with Crippen molar-refractivity contribution in [3.63, 3.8) is 0 Å². The number of imidazole rings is 1. The van der Waals surface area contributed by atoms with E-state index < -0.39 is 11.2 Å². The molecule has 0 unspecified atom stereocenters. The minimum Gasteiger partial charge on any atom is -0.385 e. The van der Waals surface area contributed by atoms with Crippen molar-refractivity contribution < 1.29 is 10.2 Å². The van der Waals surface area contributed by atoms with Gasteiger partial charge in [-0.1, -0.05) is 79.6 Å². The molecule has 0 amide bonds. The molecule has 2 N–H and O–H groups in total. The summed E-state index contributed by atoms with van der Waals surface area (Å²) in [6.45, 7) is 2.73. The standard InChI is InChI=1S/C27H28N2O2/c1-2-29-24-19-22(26(30)17-9-10-18-26)15-16-23(24)28-25(29)27(31,20-11-5-3-6-12-20)21-13-7-4-8-14-21/h3-8,11-16,19,30-31H,2,9-10,17-18H2,1H3. The van der Waals surface area contributed by atoms with Crippen LogP contribution in [0.2, 0.25) is 0 Å². The molecule has 3 aromatic carbocycles. The topological polar surface area (TPSA) is 58.3 Å². The van der Waals surface area contributed by atoms with Crippen molar-refractivity contribution in [2.24, 2.45) is 0 Å². The first-order valence-electron chi connectivity index (χ1n) is 11.1. The van der Waals surface area contributed by atoms with E-state index in [1.807, 2.05) is 72.8 Å². The summed E-state index contributed by atoms with van der Waals surface area (Å²) in [6, 6.07) is 25.5. The van der Waals surface area contributed by atoms with Gasteiger partial charge in [-0.3, -0.25) is 0 Å². The predicted octanol–water partition coefficient (Wildman–Crippen LogP) is 5.10. The SMILES string of the molecule is CCn1c(C(O)(c2ccccc2)c2ccccc2)nc2ccc(C3(O)CCCC3)cc21. The summed E-state index contributed by atoms with van der Waals surface area (Å²) in [5.41, 5.74) is 2.13. The predicted molar refractivity (Wildman–Crippen MR) is 123 cm³/mol. The van der Waals surface area contributed by atoms with E-state index in [4.69, 9.17) is 4.98 Å². The van der Waals surface area contributed by atoms with Gasteiger partial charge in [0.2, 0.25) is 0 Å². The van der Waals surface area contributed by atoms with Crippen LogP contribution < -0.4 is 0 Å². The number of benzene rings is 3. The molecule has 0 spiro atoms. The molecule has 0 aliphatic heterocycles. The lowest BCUT2D eigenvalue weighted by atomic mass is 9.85. The second-order valence-electron chi connectivity index (χ2n) is 8.56. The highest BCUT2D eigenvalue weighted by atomic mass is 16.3. The van der Waals surface area contributed by atoms with E-state index in [2.05, 4.69) is 17.6 Å². The Kier molecular flexibility index (Phi) is 4.92. The molecule has 1 heterocycles. The van der Waals surface area contributed by atoms with Crippen molar-refractivity contribution in [3.05, 3.63) is 101 Å². The lowest BCUT2D eigenvalue weighted by Gasteiger charge is -2.29. The number of aryl methyl sites for hydroxylation is 1. The molecule has 1 aliphatic rings. The Labute approximate surface area is 182 Å². The van der Waals surface area contributed by atoms with Crippen LogP contribution in [0.3, 0.4) is 0 Å². The number of aromatic nitrogens is 2. The third kappa shape index (κ3) is 3.18. The normalized spacial score (nSPS) is 16.1. The summed E-state index contributed by atoms with van der Waals surface area (Å²) in [6.07, 6.45) is 3.69. The highest BCUT2D eigenvalue weighted by Crippen LogP contribution is 2.41. The van der Waals surface area contributed by atoms with E-state index in [-0.39, 0.29) is 0 Å². The monoisotopic (exact) mass is 412 g/mol. The average molecular weight is 413 g/mol. The van der Waals surface area contributed by atoms with E-state index in [1.54, 1.807) is 0 Å². The van der Waals surface area contributed by atoms with Crippen molar-refractivity contribution in [2.45, 2.75) is 50.4 Å². The second kappa shape index (κ2) is 7.63. The first-order valence-corrected chi connectivity index (χ1v) is 11.1. The van der Waals surface area contributed by atoms with Crippen molar-refractivity contribution >= 4 is 11.0 Å². The molecule has 4 nitrogen and oxygen atoms in total. The van der Waals surface area contributed by atoms with Crippen LogP contribution in [0.15, 0.2) is 78.9 Å². The minimum absolute atomic E-state index is 0.595. The van der Waals surface area contributed by atoms with Gasteiger partial charge >= 0.3 is 0 Å². The highest BCUT2D eigenvalue weighted by Gasteiger charge is 2.39. The zero-order chi connectivity index (χ0) is 21.5. The maximum atomic E-state index is 12.2. The van der Waals surface area contributed by atoms with Gasteiger partial charge in [-0.2, -0.15) is 0 Å². The summed E-state index contributed by atoms with van der Waals surface area (Å²) < 4.78 is 2.08. The van der Waals surface area contributed by atoms with Crippen LogP contribution in [0.25, 0.3) is 11.0 Å². The van der Waals surface area contributed by atoms with Crippen LogP contribution >= 0.6 is 0 Å². The fourth-order valence-electron chi connectivity index (χ4n) is 5.04. The minimum atomic E-state index is -1.39. The van der Waals surface area contributed by atoms with Gasteiger partial charge in [-0.25, -0.2) is 4.98 Å². The summed E-state index contributed by atoms with van der Waals surface area (Å²) in [7, 11) is 0. The smallest absolute Gasteiger partial charge is 0.173 e. The van der Waals surface area contributed by atoms with Crippen LogP contribution in [0.5, 0.6) is 0 Å². The van der Waals surface area contributed by atoms with E-state index in [0.717, 1.165) is 53.4 Å². The maximum absolute atomic E-state index is 12.2. The van der Waals surface area contributed by atoms with Crippen LogP contribution in [0.1, 0.15) is 55.1 Å². The molecular weight excluding hydrogens is 384 g/mol. The van der Waals surface area contributed by atoms with Crippen molar-refractivity contribution in [2.75, 3.05) is 0 Å². The fourth-order valence-corrected chi connectivity index (χ4v) is 5.04. The molecule has 0 radical (unpaired) electrons. The third-order valence-corrected chi connectivity index (χ3v) is 6.74. The molecule has 1 fully saturated rings. The molecule has 158 valence electrons. The van der Waals surface area contributed by atoms with Crippen LogP contribution in [-0.2, 0) is 17.7 Å². The number of hydrogen-bond acceptors (Lipinski definition) is 3. The first-order chi connectivity index (χ1) is 15.1. The van der Waals surface area contributed by atoms with Crippen molar-refractivity contribution in [1.29, 1.82) is 0 Å². The lowest BCUT2D eigenvalue weighted by Crippen LogP contribution is -2.32. The number of rotatable bonds is 5. The number of hydrogen-bond donors (Lipinski definition) is 2. The Balaban J connectivity index is 1.75. The third-order valence-electron chi connectivity index (χ3n) is 6.74. The van der Waals surface area contributed by atoms with Gasteiger partial charge in [0.15, 0.2) is 11.4 Å². The van der Waals surface area contributed by atoms with Gasteiger partial charge in [0, 0.05) is 6.54 Å². The van der Waals surface area contributed by atoms with Gasteiger partial charge in [-0.15, -0.1) is 0 Å². The molecule has 0 saturated heterocycles. The van der Waals surface area contributed by atoms with Crippen LogP contribution in [0.4, 0.5) is 0 Å². The van der Waals surface area contributed by atoms with Gasteiger partial charge in [0.05, 0.1) is 16.6 Å². The van der Waals surface area contributed by atoms with Gasteiger partial charge < -0.3 is 14.8 Å². The first kappa shape index (κ1) is 20.0. The molecular formula is C27H28N2O2. The van der Waals surface area contributed by atoms with Gasteiger partial charge in [0.25, 0.3) is 0 Å². The Morgan fingerprint density at radius 2 is 1.48 bits per heavy atom. The molecule has 1 aliphatic carbocycles. The molecule has 4 heteroatoms. The summed E-state index contributed by atoms with van der Waals surface area (Å²) in [4.78, 5) is 4.93. The van der Waals surface area contributed by atoms with Crippen LogP contribution in [0, 0.1) is 0 Å². The number of nitrogens with zero attached hydrogens (tertiary/aromatic N) is 2. The van der Waals surface area contributed by atoms with E-state index in [0.29, 0.717) is 12.4 Å². The van der Waals surface area contributed by atoms with Gasteiger partial charge in [-0.05, 0) is 48.6 Å². The van der Waals surface area contributed by atoms with Gasteiger partial charge in [0.1, 0.15) is 0 Å². The quantitative estimate of drug-likeness (QED) is 0.479. The van der Waals surface area contributed by atoms with Crippen molar-refractivity contribution in [1.82, 2.24) is 9.55 Å². The number of fused-ring (bicyclic) bond motifs is 1. The Hall–Kier alpha value is -2.95. The highest BCUT2D eigenvalue weighted by molar-refractivity contribution is 5.78. The molecule has 0 atom stereocenters. The molecule has 31 heavy (non-hydrogen) atoms. The Morgan fingerprint density at radius 1 is 0.903 bits per heavy atom. The zero-order valence-electron chi connectivity index (χ0n) is 17.8. The Morgan fingerprint density at radius 3 is 2.03 bits per heavy atom. The number of aliphatic hydroxyl groups is 2. The maximum Gasteiger partial charge on any atom is 0.173 e. The molecule has 1 saturated carbocycles. The zero-order valence-corrected chi connectivity index (χ0v) is 17.8. The largest absolute Gasteiger partial charge is 0.385 e. The second-order valence-corrected chi connectivity index (χ2v) is 8.56. The molecule has 0 bridgehead atoms. The van der Waals surface area contributed by atoms with Crippen LogP contribution in [-0.4, -0.2) is 19.8 Å². The van der Waals surface area contributed by atoms with E-state index in [1.165, 1.54) is 0 Å². The summed E-state index contributed by atoms with van der Waals surface area (Å²) in [5.74, 6) is 0.595. The lowest BCUT2D eigenvalue weighted by molar-refractivity contribution is 0.0446. The summed E-state index contributed by atoms with van der Waals surface area (Å²) >= 11 is 0. The molecule has 1 aromatic heterocycles. The summed E-state index contributed by atoms with van der Waals surface area (Å²) in [5, 5.41) is 23.4. The molecule has 4 aromatic rings.